The number of benzene rings is 1. The zero-order valence-electron chi connectivity index (χ0n) is 12.3. The van der Waals surface area contributed by atoms with Crippen molar-refractivity contribution >= 4 is 16.9 Å². The van der Waals surface area contributed by atoms with Crippen LogP contribution in [0.4, 0.5) is 0 Å². The topological polar surface area (TPSA) is 46.6 Å². The molecule has 4 heteroatoms. The molecule has 3 aromatic rings. The smallest absolute Gasteiger partial charge is 0.257 e. The van der Waals surface area contributed by atoms with Crippen LogP contribution in [0.25, 0.3) is 11.0 Å². The third-order valence-corrected chi connectivity index (χ3v) is 3.85. The molecule has 1 amide bonds. The van der Waals surface area contributed by atoms with Crippen LogP contribution in [-0.2, 0) is 0 Å². The zero-order valence-corrected chi connectivity index (χ0v) is 12.3. The highest BCUT2D eigenvalue weighted by atomic mass is 16.3. The first-order chi connectivity index (χ1) is 10.1. The molecule has 0 spiro atoms. The van der Waals surface area contributed by atoms with Gasteiger partial charge in [-0.2, -0.15) is 0 Å². The lowest BCUT2D eigenvalue weighted by atomic mass is 10.1. The highest BCUT2D eigenvalue weighted by molar-refractivity contribution is 5.95. The van der Waals surface area contributed by atoms with Crippen LogP contribution in [0.3, 0.4) is 0 Å². The van der Waals surface area contributed by atoms with Gasteiger partial charge < -0.3 is 13.7 Å². The number of carbonyl (C=O) groups excluding carboxylic acids is 1. The molecule has 2 heterocycles. The number of furan rings is 2. The minimum Gasteiger partial charge on any atom is -0.469 e. The number of aryl methyl sites for hydroxylation is 1. The molecule has 108 valence electrons. The van der Waals surface area contributed by atoms with Gasteiger partial charge in [-0.25, -0.2) is 0 Å². The fraction of sp³-hybridized carbons (Fsp3) is 0.235. The van der Waals surface area contributed by atoms with Crippen molar-refractivity contribution in [1.82, 2.24) is 4.90 Å². The summed E-state index contributed by atoms with van der Waals surface area (Å²) in [4.78, 5) is 14.1. The molecule has 0 aliphatic rings. The number of hydrogen-bond donors (Lipinski definition) is 0. The molecule has 21 heavy (non-hydrogen) atoms. The standard InChI is InChI=1S/C17H17NO3/c1-11(16-10-13-6-4-5-7-15(13)21-16)18(3)17(19)14-8-9-20-12(14)2/h4-11H,1-3H3. The van der Waals surface area contributed by atoms with E-state index in [2.05, 4.69) is 0 Å². The molecule has 0 N–H and O–H groups in total. The molecule has 0 saturated carbocycles. The van der Waals surface area contributed by atoms with Gasteiger partial charge in [-0.15, -0.1) is 0 Å². The zero-order chi connectivity index (χ0) is 15.0. The van der Waals surface area contributed by atoms with Gasteiger partial charge in [0, 0.05) is 12.4 Å². The molecule has 1 atom stereocenters. The largest absolute Gasteiger partial charge is 0.469 e. The number of fused-ring (bicyclic) bond motifs is 1. The third-order valence-electron chi connectivity index (χ3n) is 3.85. The number of nitrogens with zero attached hydrogens (tertiary/aromatic N) is 1. The Hall–Kier alpha value is -2.49. The van der Waals surface area contributed by atoms with E-state index in [1.807, 2.05) is 37.3 Å². The highest BCUT2D eigenvalue weighted by Gasteiger charge is 2.23. The normalized spacial score (nSPS) is 12.5. The summed E-state index contributed by atoms with van der Waals surface area (Å²) in [6.45, 7) is 3.73. The predicted octanol–water partition coefficient (Wildman–Crippen LogP) is 4.17. The van der Waals surface area contributed by atoms with E-state index < -0.39 is 0 Å². The molecule has 1 aromatic carbocycles. The molecule has 4 nitrogen and oxygen atoms in total. The lowest BCUT2D eigenvalue weighted by molar-refractivity contribution is 0.0725. The van der Waals surface area contributed by atoms with E-state index in [1.165, 1.54) is 6.26 Å². The van der Waals surface area contributed by atoms with Crippen LogP contribution in [0.1, 0.15) is 34.8 Å². The number of carbonyl (C=O) groups is 1. The minimum absolute atomic E-state index is 0.0748. The summed E-state index contributed by atoms with van der Waals surface area (Å²) in [5.74, 6) is 1.33. The first-order valence-corrected chi connectivity index (χ1v) is 6.87. The number of amides is 1. The quantitative estimate of drug-likeness (QED) is 0.724. The van der Waals surface area contributed by atoms with Gasteiger partial charge >= 0.3 is 0 Å². The summed E-state index contributed by atoms with van der Waals surface area (Å²) in [7, 11) is 1.77. The highest BCUT2D eigenvalue weighted by Crippen LogP contribution is 2.27. The second-order valence-electron chi connectivity index (χ2n) is 5.17. The Kier molecular flexibility index (Phi) is 3.29. The van der Waals surface area contributed by atoms with E-state index in [1.54, 1.807) is 24.9 Å². The molecule has 0 aliphatic carbocycles. The molecule has 2 aromatic heterocycles. The van der Waals surface area contributed by atoms with Crippen LogP contribution in [0, 0.1) is 6.92 Å². The Labute approximate surface area is 123 Å². The van der Waals surface area contributed by atoms with Crippen molar-refractivity contribution in [2.24, 2.45) is 0 Å². The Morgan fingerprint density at radius 3 is 2.67 bits per heavy atom. The van der Waals surface area contributed by atoms with Crippen molar-refractivity contribution < 1.29 is 13.6 Å². The Bertz CT molecular complexity index is 751. The second-order valence-corrected chi connectivity index (χ2v) is 5.17. The lowest BCUT2D eigenvalue weighted by Crippen LogP contribution is -2.29. The third kappa shape index (κ3) is 2.33. The summed E-state index contributed by atoms with van der Waals surface area (Å²) in [5, 5.41) is 1.04. The van der Waals surface area contributed by atoms with E-state index >= 15 is 0 Å². The number of hydrogen-bond acceptors (Lipinski definition) is 3. The van der Waals surface area contributed by atoms with Gasteiger partial charge in [-0.1, -0.05) is 18.2 Å². The van der Waals surface area contributed by atoms with Gasteiger partial charge in [0.1, 0.15) is 17.1 Å². The predicted molar refractivity (Wildman–Crippen MR) is 80.2 cm³/mol. The first-order valence-electron chi connectivity index (χ1n) is 6.87. The lowest BCUT2D eigenvalue weighted by Gasteiger charge is -2.23. The van der Waals surface area contributed by atoms with Gasteiger partial charge in [0.05, 0.1) is 17.9 Å². The Balaban J connectivity index is 1.88. The summed E-state index contributed by atoms with van der Waals surface area (Å²) in [6, 6.07) is 11.3. The maximum Gasteiger partial charge on any atom is 0.257 e. The second kappa shape index (κ2) is 5.13. The van der Waals surface area contributed by atoms with Crippen molar-refractivity contribution in [3.05, 3.63) is 59.7 Å². The van der Waals surface area contributed by atoms with E-state index in [9.17, 15) is 4.79 Å². The van der Waals surface area contributed by atoms with Gasteiger partial charge in [-0.3, -0.25) is 4.79 Å². The van der Waals surface area contributed by atoms with E-state index in [0.717, 1.165) is 16.7 Å². The van der Waals surface area contributed by atoms with Crippen LogP contribution in [0.2, 0.25) is 0 Å². The molecule has 0 saturated heterocycles. The minimum atomic E-state index is -0.154. The van der Waals surface area contributed by atoms with E-state index in [-0.39, 0.29) is 11.9 Å². The SMILES string of the molecule is Cc1occc1C(=O)N(C)C(C)c1cc2ccccc2o1. The average molecular weight is 283 g/mol. The monoisotopic (exact) mass is 283 g/mol. The molecular formula is C17H17NO3. The fourth-order valence-electron chi connectivity index (χ4n) is 2.37. The van der Waals surface area contributed by atoms with Crippen molar-refractivity contribution in [3.63, 3.8) is 0 Å². The Morgan fingerprint density at radius 1 is 1.24 bits per heavy atom. The molecule has 0 aliphatic heterocycles. The van der Waals surface area contributed by atoms with Crippen molar-refractivity contribution in [3.8, 4) is 0 Å². The van der Waals surface area contributed by atoms with Crippen LogP contribution < -0.4 is 0 Å². The number of para-hydroxylation sites is 1. The molecule has 3 rings (SSSR count). The van der Waals surface area contributed by atoms with Crippen molar-refractivity contribution in [1.29, 1.82) is 0 Å². The molecule has 0 radical (unpaired) electrons. The summed E-state index contributed by atoms with van der Waals surface area (Å²) in [6.07, 6.45) is 1.53. The van der Waals surface area contributed by atoms with Crippen LogP contribution >= 0.6 is 0 Å². The van der Waals surface area contributed by atoms with Crippen molar-refractivity contribution in [2.45, 2.75) is 19.9 Å². The molecule has 0 bridgehead atoms. The summed E-state index contributed by atoms with van der Waals surface area (Å²) < 4.78 is 11.0. The van der Waals surface area contributed by atoms with Gasteiger partial charge in [-0.05, 0) is 32.0 Å². The van der Waals surface area contributed by atoms with Gasteiger partial charge in [0.15, 0.2) is 0 Å². The molecule has 1 unspecified atom stereocenters. The van der Waals surface area contributed by atoms with Gasteiger partial charge in [0.2, 0.25) is 0 Å². The number of rotatable bonds is 3. The summed E-state index contributed by atoms with van der Waals surface area (Å²) >= 11 is 0. The van der Waals surface area contributed by atoms with Crippen LogP contribution in [0.15, 0.2) is 51.5 Å². The summed E-state index contributed by atoms with van der Waals surface area (Å²) in [5.41, 5.74) is 1.42. The van der Waals surface area contributed by atoms with Crippen LogP contribution in [0.5, 0.6) is 0 Å². The maximum atomic E-state index is 12.5. The fourth-order valence-corrected chi connectivity index (χ4v) is 2.37. The Morgan fingerprint density at radius 2 is 2.00 bits per heavy atom. The average Bonchev–Trinajstić information content (AvgIpc) is 3.10. The van der Waals surface area contributed by atoms with Crippen molar-refractivity contribution in [2.75, 3.05) is 7.05 Å². The first kappa shape index (κ1) is 13.5. The molecule has 0 fully saturated rings. The van der Waals surface area contributed by atoms with E-state index in [4.69, 9.17) is 8.83 Å². The maximum absolute atomic E-state index is 12.5. The molecular weight excluding hydrogens is 266 g/mol. The van der Waals surface area contributed by atoms with Gasteiger partial charge in [0.25, 0.3) is 5.91 Å². The van der Waals surface area contributed by atoms with E-state index in [0.29, 0.717) is 11.3 Å². The van der Waals surface area contributed by atoms with Crippen LogP contribution in [-0.4, -0.2) is 17.9 Å².